The van der Waals surface area contributed by atoms with E-state index >= 15 is 0 Å². The van der Waals surface area contributed by atoms with Crippen molar-refractivity contribution in [1.29, 1.82) is 0 Å². The van der Waals surface area contributed by atoms with Gasteiger partial charge in [-0.05, 0) is 80.3 Å². The number of hydrogen-bond acceptors (Lipinski definition) is 3. The molecule has 1 saturated heterocycles. The SMILES string of the molecule is CCC(=O)CCN1CC2(CCN(C[C@@H]3CC4C=CC3C4)CC2)c2cc(F)ccc21. The maximum Gasteiger partial charge on any atom is 0.134 e. The molecule has 29 heavy (non-hydrogen) atoms. The smallest absolute Gasteiger partial charge is 0.134 e. The topological polar surface area (TPSA) is 23.6 Å². The number of fused-ring (bicyclic) bond motifs is 4. The zero-order valence-corrected chi connectivity index (χ0v) is 17.6. The van der Waals surface area contributed by atoms with E-state index in [0.29, 0.717) is 18.6 Å². The third-order valence-electron chi connectivity index (χ3n) is 8.14. The molecule has 2 fully saturated rings. The quantitative estimate of drug-likeness (QED) is 0.659. The second-order valence-electron chi connectivity index (χ2n) is 9.85. The highest BCUT2D eigenvalue weighted by Crippen LogP contribution is 2.48. The van der Waals surface area contributed by atoms with Gasteiger partial charge in [0.2, 0.25) is 0 Å². The molecule has 3 nitrogen and oxygen atoms in total. The van der Waals surface area contributed by atoms with Crippen LogP contribution in [0, 0.1) is 23.6 Å². The van der Waals surface area contributed by atoms with Crippen LogP contribution < -0.4 is 4.90 Å². The molecule has 0 aromatic heterocycles. The Balaban J connectivity index is 1.27. The van der Waals surface area contributed by atoms with Crippen molar-refractivity contribution in [3.8, 4) is 0 Å². The fourth-order valence-electron chi connectivity index (χ4n) is 6.41. The van der Waals surface area contributed by atoms with Gasteiger partial charge < -0.3 is 9.80 Å². The predicted molar refractivity (Wildman–Crippen MR) is 115 cm³/mol. The first-order valence-corrected chi connectivity index (χ1v) is 11.5. The Labute approximate surface area is 173 Å². The molecule has 2 heterocycles. The lowest BCUT2D eigenvalue weighted by molar-refractivity contribution is -0.118. The van der Waals surface area contributed by atoms with Gasteiger partial charge in [-0.1, -0.05) is 19.1 Å². The second-order valence-corrected chi connectivity index (χ2v) is 9.85. The molecule has 2 bridgehead atoms. The van der Waals surface area contributed by atoms with Crippen LogP contribution in [0.25, 0.3) is 0 Å². The minimum absolute atomic E-state index is 0.0534. The Bertz CT molecular complexity index is 811. The summed E-state index contributed by atoms with van der Waals surface area (Å²) in [6, 6.07) is 5.28. The molecule has 1 spiro atoms. The molecule has 0 amide bonds. The zero-order valence-electron chi connectivity index (χ0n) is 17.6. The summed E-state index contributed by atoms with van der Waals surface area (Å²) in [4.78, 5) is 16.9. The van der Waals surface area contributed by atoms with E-state index in [1.54, 1.807) is 12.1 Å². The van der Waals surface area contributed by atoms with E-state index in [0.717, 1.165) is 62.5 Å². The fraction of sp³-hybridized carbons (Fsp3) is 0.640. The van der Waals surface area contributed by atoms with Gasteiger partial charge in [-0.25, -0.2) is 4.39 Å². The number of halogens is 1. The second kappa shape index (κ2) is 7.54. The van der Waals surface area contributed by atoms with Gasteiger partial charge in [0.1, 0.15) is 11.6 Å². The van der Waals surface area contributed by atoms with Crippen LogP contribution in [-0.2, 0) is 10.2 Å². The molecule has 1 saturated carbocycles. The predicted octanol–water partition coefficient (Wildman–Crippen LogP) is 4.56. The van der Waals surface area contributed by atoms with Crippen LogP contribution in [0.4, 0.5) is 10.1 Å². The molecule has 2 aliphatic carbocycles. The number of ketones is 1. The molecular formula is C25H33FN2O. The molecular weight excluding hydrogens is 363 g/mol. The minimum Gasteiger partial charge on any atom is -0.370 e. The van der Waals surface area contributed by atoms with Gasteiger partial charge in [0, 0.05) is 43.6 Å². The first-order valence-electron chi connectivity index (χ1n) is 11.5. The van der Waals surface area contributed by atoms with Crippen LogP contribution >= 0.6 is 0 Å². The number of allylic oxidation sites excluding steroid dienone is 2. The van der Waals surface area contributed by atoms with Crippen LogP contribution in [0.3, 0.4) is 0 Å². The molecule has 156 valence electrons. The van der Waals surface area contributed by atoms with Gasteiger partial charge in [0.05, 0.1) is 0 Å². The molecule has 1 aromatic carbocycles. The third-order valence-corrected chi connectivity index (χ3v) is 8.14. The number of carbonyl (C=O) groups excluding carboxylic acids is 1. The number of rotatable bonds is 6. The van der Waals surface area contributed by atoms with Crippen molar-refractivity contribution in [3.05, 3.63) is 41.7 Å². The highest BCUT2D eigenvalue weighted by molar-refractivity contribution is 5.79. The Kier molecular flexibility index (Phi) is 5.01. The first-order chi connectivity index (χ1) is 14.1. The summed E-state index contributed by atoms with van der Waals surface area (Å²) in [5.41, 5.74) is 2.39. The summed E-state index contributed by atoms with van der Waals surface area (Å²) >= 11 is 0. The van der Waals surface area contributed by atoms with Gasteiger partial charge >= 0.3 is 0 Å². The van der Waals surface area contributed by atoms with E-state index in [2.05, 4.69) is 22.0 Å². The lowest BCUT2D eigenvalue weighted by Gasteiger charge is -2.41. The fourth-order valence-corrected chi connectivity index (χ4v) is 6.41. The maximum atomic E-state index is 14.1. The molecule has 4 heteroatoms. The number of anilines is 1. The van der Waals surface area contributed by atoms with Crippen LogP contribution in [0.2, 0.25) is 0 Å². The van der Waals surface area contributed by atoms with Crippen molar-refractivity contribution in [3.63, 3.8) is 0 Å². The van der Waals surface area contributed by atoms with Gasteiger partial charge in [0.15, 0.2) is 0 Å². The third kappa shape index (κ3) is 3.54. The Hall–Kier alpha value is -1.68. The maximum absolute atomic E-state index is 14.1. The highest BCUT2D eigenvalue weighted by Gasteiger charge is 2.45. The summed E-state index contributed by atoms with van der Waals surface area (Å²) < 4.78 is 14.1. The summed E-state index contributed by atoms with van der Waals surface area (Å²) in [5.74, 6) is 2.66. The number of piperidine rings is 1. The van der Waals surface area contributed by atoms with Crippen molar-refractivity contribution in [2.24, 2.45) is 17.8 Å². The first kappa shape index (κ1) is 19.3. The molecule has 4 aliphatic rings. The highest BCUT2D eigenvalue weighted by atomic mass is 19.1. The van der Waals surface area contributed by atoms with Crippen LogP contribution in [0.1, 0.15) is 51.0 Å². The summed E-state index contributed by atoms with van der Waals surface area (Å²) in [7, 11) is 0. The molecule has 0 N–H and O–H groups in total. The van der Waals surface area contributed by atoms with Gasteiger partial charge in [0.25, 0.3) is 0 Å². The minimum atomic E-state index is -0.134. The number of likely N-dealkylation sites (tertiary alicyclic amines) is 1. The van der Waals surface area contributed by atoms with E-state index in [1.165, 1.54) is 24.9 Å². The molecule has 2 aliphatic heterocycles. The van der Waals surface area contributed by atoms with E-state index in [4.69, 9.17) is 0 Å². The monoisotopic (exact) mass is 396 g/mol. The Morgan fingerprint density at radius 1 is 1.21 bits per heavy atom. The van der Waals surface area contributed by atoms with E-state index in [1.807, 2.05) is 13.0 Å². The van der Waals surface area contributed by atoms with Gasteiger partial charge in [-0.2, -0.15) is 0 Å². The van der Waals surface area contributed by atoms with Gasteiger partial charge in [-0.15, -0.1) is 0 Å². The average molecular weight is 397 g/mol. The molecule has 5 rings (SSSR count). The average Bonchev–Trinajstić information content (AvgIpc) is 3.42. The lowest BCUT2D eigenvalue weighted by Crippen LogP contribution is -2.46. The van der Waals surface area contributed by atoms with Crippen molar-refractivity contribution in [1.82, 2.24) is 4.90 Å². The number of Topliss-reactive ketones (excluding diaryl/α,β-unsaturated/α-hetero) is 1. The number of benzene rings is 1. The van der Waals surface area contributed by atoms with Crippen molar-refractivity contribution >= 4 is 11.5 Å². The van der Waals surface area contributed by atoms with E-state index in [9.17, 15) is 9.18 Å². The summed E-state index contributed by atoms with van der Waals surface area (Å²) in [6.45, 7) is 7.07. The summed E-state index contributed by atoms with van der Waals surface area (Å²) in [5, 5.41) is 0. The lowest BCUT2D eigenvalue weighted by atomic mass is 9.74. The van der Waals surface area contributed by atoms with Crippen molar-refractivity contribution < 1.29 is 9.18 Å². The number of carbonyl (C=O) groups is 1. The van der Waals surface area contributed by atoms with E-state index in [-0.39, 0.29) is 11.2 Å². The summed E-state index contributed by atoms with van der Waals surface area (Å²) in [6.07, 6.45) is 11.0. The largest absolute Gasteiger partial charge is 0.370 e. The zero-order chi connectivity index (χ0) is 20.0. The van der Waals surface area contributed by atoms with E-state index < -0.39 is 0 Å². The van der Waals surface area contributed by atoms with Crippen LogP contribution in [-0.4, -0.2) is 43.4 Å². The normalized spacial score (nSPS) is 29.7. The van der Waals surface area contributed by atoms with Crippen LogP contribution in [0.5, 0.6) is 0 Å². The number of hydrogen-bond donors (Lipinski definition) is 0. The number of nitrogens with zero attached hydrogens (tertiary/aromatic N) is 2. The molecule has 1 aromatic rings. The Morgan fingerprint density at radius 2 is 2.03 bits per heavy atom. The van der Waals surface area contributed by atoms with Crippen molar-refractivity contribution in [2.75, 3.05) is 37.6 Å². The van der Waals surface area contributed by atoms with Gasteiger partial charge in [-0.3, -0.25) is 4.79 Å². The molecule has 0 radical (unpaired) electrons. The van der Waals surface area contributed by atoms with Crippen LogP contribution in [0.15, 0.2) is 30.4 Å². The molecule has 3 atom stereocenters. The van der Waals surface area contributed by atoms with Crippen molar-refractivity contribution in [2.45, 2.75) is 50.9 Å². The molecule has 2 unspecified atom stereocenters. The Morgan fingerprint density at radius 3 is 2.72 bits per heavy atom. The standard InChI is InChI=1S/C25H33FN2O/c1-2-22(29)7-10-28-17-25(23-15-21(26)5-6-24(23)28)8-11-27(12-9-25)16-20-14-18-3-4-19(20)13-18/h3-6,15,18-20H,2,7-14,16-17H2,1H3/t18?,19?,20-/m0/s1.